The molecule has 0 aromatic heterocycles. The van der Waals surface area contributed by atoms with Crippen molar-refractivity contribution >= 4 is 17.3 Å². The first kappa shape index (κ1) is 21.6. The Bertz CT molecular complexity index is 953. The number of nitrogens with zero attached hydrogens (tertiary/aromatic N) is 3. The maximum Gasteiger partial charge on any atom is 0.142 e. The number of benzene rings is 3. The molecule has 31 heavy (non-hydrogen) atoms. The fraction of sp³-hybridized carbons (Fsp3) is 0.269. The summed E-state index contributed by atoms with van der Waals surface area (Å²) in [7, 11) is 0. The summed E-state index contributed by atoms with van der Waals surface area (Å²) < 4.78 is 0. The molecule has 1 fully saturated rings. The molecule has 1 aliphatic heterocycles. The standard InChI is InChI=1S/C26H28ClN3O/c27-25-13-11-23(12-14-25)21-31-28-26(24-9-5-2-6-10-24)20-30-17-15-29(16-18-30)19-22-7-3-1-4-8-22/h1-14H,15-21H2/b28-26+. The van der Waals surface area contributed by atoms with Crippen LogP contribution in [-0.4, -0.2) is 48.2 Å². The maximum absolute atomic E-state index is 5.96. The molecule has 0 amide bonds. The lowest BCUT2D eigenvalue weighted by Gasteiger charge is -2.34. The minimum absolute atomic E-state index is 0.429. The van der Waals surface area contributed by atoms with Crippen molar-refractivity contribution in [2.45, 2.75) is 13.2 Å². The summed E-state index contributed by atoms with van der Waals surface area (Å²) in [6.45, 7) is 6.39. The summed E-state index contributed by atoms with van der Waals surface area (Å²) in [5.41, 5.74) is 4.49. The normalized spacial score (nSPS) is 15.7. The number of rotatable bonds is 8. The third-order valence-corrected chi connectivity index (χ3v) is 5.77. The number of halogens is 1. The molecule has 0 N–H and O–H groups in total. The highest BCUT2D eigenvalue weighted by Gasteiger charge is 2.19. The summed E-state index contributed by atoms with van der Waals surface area (Å²) in [5.74, 6) is 0. The Morgan fingerprint density at radius 2 is 1.35 bits per heavy atom. The van der Waals surface area contributed by atoms with E-state index in [0.29, 0.717) is 6.61 Å². The van der Waals surface area contributed by atoms with Gasteiger partial charge in [-0.25, -0.2) is 0 Å². The lowest BCUT2D eigenvalue weighted by molar-refractivity contribution is 0.123. The van der Waals surface area contributed by atoms with Gasteiger partial charge in [-0.2, -0.15) is 0 Å². The second kappa shape index (κ2) is 11.1. The van der Waals surface area contributed by atoms with Crippen LogP contribution < -0.4 is 0 Å². The summed E-state index contributed by atoms with van der Waals surface area (Å²) in [5, 5.41) is 5.25. The van der Waals surface area contributed by atoms with E-state index < -0.39 is 0 Å². The molecule has 0 atom stereocenters. The summed E-state index contributed by atoms with van der Waals surface area (Å²) in [6.07, 6.45) is 0. The van der Waals surface area contributed by atoms with Crippen LogP contribution in [0.15, 0.2) is 90.1 Å². The average molecular weight is 434 g/mol. The van der Waals surface area contributed by atoms with Gasteiger partial charge in [0.2, 0.25) is 0 Å². The Labute approximate surface area is 189 Å². The zero-order valence-electron chi connectivity index (χ0n) is 17.7. The van der Waals surface area contributed by atoms with Crippen molar-refractivity contribution in [1.82, 2.24) is 9.80 Å². The molecule has 0 radical (unpaired) electrons. The summed E-state index contributed by atoms with van der Waals surface area (Å²) in [6, 6.07) is 28.7. The number of piperazine rings is 1. The second-order valence-electron chi connectivity index (χ2n) is 7.84. The van der Waals surface area contributed by atoms with E-state index >= 15 is 0 Å². The molecular formula is C26H28ClN3O. The average Bonchev–Trinajstić information content (AvgIpc) is 2.82. The molecule has 0 saturated carbocycles. The van der Waals surface area contributed by atoms with E-state index in [0.717, 1.165) is 61.1 Å². The van der Waals surface area contributed by atoms with E-state index in [1.807, 2.05) is 42.5 Å². The topological polar surface area (TPSA) is 28.1 Å². The van der Waals surface area contributed by atoms with Crippen LogP contribution in [0.5, 0.6) is 0 Å². The van der Waals surface area contributed by atoms with Gasteiger partial charge in [0, 0.05) is 49.9 Å². The van der Waals surface area contributed by atoms with Crippen LogP contribution in [-0.2, 0) is 18.0 Å². The van der Waals surface area contributed by atoms with Crippen molar-refractivity contribution in [3.63, 3.8) is 0 Å². The van der Waals surface area contributed by atoms with Gasteiger partial charge in [0.05, 0.1) is 0 Å². The third kappa shape index (κ3) is 6.66. The SMILES string of the molecule is Clc1ccc(CO/N=C(\CN2CCN(Cc3ccccc3)CC2)c2ccccc2)cc1. The Hall–Kier alpha value is -2.66. The van der Waals surface area contributed by atoms with Gasteiger partial charge in [0.15, 0.2) is 0 Å². The zero-order valence-corrected chi connectivity index (χ0v) is 18.4. The Morgan fingerprint density at radius 1 is 0.742 bits per heavy atom. The zero-order chi connectivity index (χ0) is 21.3. The molecule has 0 unspecified atom stereocenters. The van der Waals surface area contributed by atoms with Gasteiger partial charge in [-0.15, -0.1) is 0 Å². The molecule has 160 valence electrons. The Balaban J connectivity index is 1.34. The van der Waals surface area contributed by atoms with Crippen LogP contribution in [0.3, 0.4) is 0 Å². The van der Waals surface area contributed by atoms with Gasteiger partial charge >= 0.3 is 0 Å². The summed E-state index contributed by atoms with van der Waals surface area (Å²) in [4.78, 5) is 10.7. The van der Waals surface area contributed by atoms with Crippen molar-refractivity contribution in [2.24, 2.45) is 5.16 Å². The van der Waals surface area contributed by atoms with Crippen LogP contribution in [0.25, 0.3) is 0 Å². The largest absolute Gasteiger partial charge is 0.391 e. The minimum atomic E-state index is 0.429. The van der Waals surface area contributed by atoms with Crippen molar-refractivity contribution in [2.75, 3.05) is 32.7 Å². The van der Waals surface area contributed by atoms with Crippen LogP contribution in [0.4, 0.5) is 0 Å². The van der Waals surface area contributed by atoms with E-state index in [1.54, 1.807) is 0 Å². The molecule has 5 heteroatoms. The molecule has 1 saturated heterocycles. The highest BCUT2D eigenvalue weighted by molar-refractivity contribution is 6.30. The van der Waals surface area contributed by atoms with Crippen molar-refractivity contribution in [3.05, 3.63) is 107 Å². The molecule has 4 nitrogen and oxygen atoms in total. The smallest absolute Gasteiger partial charge is 0.142 e. The van der Waals surface area contributed by atoms with E-state index in [4.69, 9.17) is 16.4 Å². The molecule has 4 rings (SSSR count). The van der Waals surface area contributed by atoms with Gasteiger partial charge in [-0.1, -0.05) is 89.6 Å². The molecule has 0 bridgehead atoms. The molecular weight excluding hydrogens is 406 g/mol. The predicted octanol–water partition coefficient (Wildman–Crippen LogP) is 5.08. The second-order valence-corrected chi connectivity index (χ2v) is 8.28. The van der Waals surface area contributed by atoms with Crippen molar-refractivity contribution in [3.8, 4) is 0 Å². The van der Waals surface area contributed by atoms with Crippen molar-refractivity contribution < 1.29 is 4.84 Å². The van der Waals surface area contributed by atoms with Gasteiger partial charge < -0.3 is 4.84 Å². The number of hydrogen-bond acceptors (Lipinski definition) is 4. The third-order valence-electron chi connectivity index (χ3n) is 5.51. The van der Waals surface area contributed by atoms with Gasteiger partial charge in [-0.3, -0.25) is 9.80 Å². The minimum Gasteiger partial charge on any atom is -0.391 e. The number of hydrogen-bond donors (Lipinski definition) is 0. The van der Waals surface area contributed by atoms with E-state index in [-0.39, 0.29) is 0 Å². The van der Waals surface area contributed by atoms with E-state index in [2.05, 4.69) is 57.4 Å². The molecule has 0 aliphatic carbocycles. The lowest BCUT2D eigenvalue weighted by Crippen LogP contribution is -2.47. The summed E-state index contributed by atoms with van der Waals surface area (Å²) >= 11 is 5.96. The van der Waals surface area contributed by atoms with Gasteiger partial charge in [-0.05, 0) is 23.3 Å². The first-order valence-electron chi connectivity index (χ1n) is 10.7. The van der Waals surface area contributed by atoms with E-state index in [1.165, 1.54) is 5.56 Å². The molecule has 3 aromatic carbocycles. The Kier molecular flexibility index (Phi) is 7.72. The fourth-order valence-corrected chi connectivity index (χ4v) is 3.85. The van der Waals surface area contributed by atoms with Gasteiger partial charge in [0.25, 0.3) is 0 Å². The number of oxime groups is 1. The highest BCUT2D eigenvalue weighted by atomic mass is 35.5. The van der Waals surface area contributed by atoms with Crippen LogP contribution in [0, 0.1) is 0 Å². The molecule has 0 spiro atoms. The first-order chi connectivity index (χ1) is 15.3. The first-order valence-corrected chi connectivity index (χ1v) is 11.1. The van der Waals surface area contributed by atoms with Crippen LogP contribution in [0.1, 0.15) is 16.7 Å². The molecule has 1 heterocycles. The van der Waals surface area contributed by atoms with Gasteiger partial charge in [0.1, 0.15) is 12.3 Å². The predicted molar refractivity (Wildman–Crippen MR) is 127 cm³/mol. The lowest BCUT2D eigenvalue weighted by atomic mass is 10.1. The van der Waals surface area contributed by atoms with Crippen molar-refractivity contribution in [1.29, 1.82) is 0 Å². The van der Waals surface area contributed by atoms with E-state index in [9.17, 15) is 0 Å². The highest BCUT2D eigenvalue weighted by Crippen LogP contribution is 2.13. The Morgan fingerprint density at radius 3 is 2.03 bits per heavy atom. The molecule has 1 aliphatic rings. The fourth-order valence-electron chi connectivity index (χ4n) is 3.73. The van der Waals surface area contributed by atoms with Crippen LogP contribution >= 0.6 is 11.6 Å². The molecule has 3 aromatic rings. The quantitative estimate of drug-likeness (QED) is 0.366. The maximum atomic E-state index is 5.96. The van der Waals surface area contributed by atoms with Crippen LogP contribution in [0.2, 0.25) is 5.02 Å². The monoisotopic (exact) mass is 433 g/mol.